The van der Waals surface area contributed by atoms with Crippen LogP contribution < -0.4 is 10.6 Å². The van der Waals surface area contributed by atoms with Gasteiger partial charge in [-0.15, -0.1) is 10.2 Å². The molecule has 7 nitrogen and oxygen atoms in total. The molecule has 0 fully saturated rings. The van der Waals surface area contributed by atoms with E-state index in [9.17, 15) is 13.2 Å². The van der Waals surface area contributed by atoms with E-state index < -0.39 is 15.7 Å². The van der Waals surface area contributed by atoms with Crippen LogP contribution in [0.5, 0.6) is 0 Å². The van der Waals surface area contributed by atoms with Crippen LogP contribution >= 0.6 is 11.3 Å². The normalized spacial score (nSPS) is 11.2. The first-order valence-electron chi connectivity index (χ1n) is 4.95. The van der Waals surface area contributed by atoms with Crippen molar-refractivity contribution in [3.8, 4) is 0 Å². The van der Waals surface area contributed by atoms with Crippen LogP contribution in [0.1, 0.15) is 16.7 Å². The lowest BCUT2D eigenvalue weighted by molar-refractivity contribution is 0.0955. The smallest absolute Gasteiger partial charge is 0.282 e. The van der Waals surface area contributed by atoms with E-state index >= 15 is 0 Å². The second-order valence-electron chi connectivity index (χ2n) is 3.33. The van der Waals surface area contributed by atoms with Crippen LogP contribution in [0.3, 0.4) is 0 Å². The quantitative estimate of drug-likeness (QED) is 0.744. The maximum absolute atomic E-state index is 11.5. The molecule has 0 saturated carbocycles. The molecule has 1 amide bonds. The monoisotopic (exact) mass is 278 g/mol. The zero-order valence-corrected chi connectivity index (χ0v) is 11.2. The number of hydrogen-bond donors (Lipinski definition) is 2. The summed E-state index contributed by atoms with van der Waals surface area (Å²) in [6.45, 7) is 2.69. The first-order valence-corrected chi connectivity index (χ1v) is 7.83. The fraction of sp³-hybridized carbons (Fsp3) is 0.625. The summed E-state index contributed by atoms with van der Waals surface area (Å²) in [5.41, 5.74) is 0. The van der Waals surface area contributed by atoms with Crippen LogP contribution in [0.4, 0.5) is 5.13 Å². The van der Waals surface area contributed by atoms with Gasteiger partial charge in [0.1, 0.15) is 9.84 Å². The Balaban J connectivity index is 2.46. The van der Waals surface area contributed by atoms with Crippen molar-refractivity contribution >= 4 is 32.2 Å². The predicted molar refractivity (Wildman–Crippen MR) is 66.1 cm³/mol. The highest BCUT2D eigenvalue weighted by molar-refractivity contribution is 7.90. The number of sulfone groups is 1. The third kappa shape index (κ3) is 5.09. The number of hydrogen-bond acceptors (Lipinski definition) is 7. The van der Waals surface area contributed by atoms with Crippen molar-refractivity contribution in [3.05, 3.63) is 5.01 Å². The first-order chi connectivity index (χ1) is 7.92. The van der Waals surface area contributed by atoms with Crippen molar-refractivity contribution in [2.45, 2.75) is 6.92 Å². The fourth-order valence-corrected chi connectivity index (χ4v) is 2.16. The number of nitrogens with one attached hydrogen (secondary N) is 2. The second kappa shape index (κ2) is 5.92. The lowest BCUT2D eigenvalue weighted by Crippen LogP contribution is -2.28. The number of carbonyl (C=O) groups excluding carboxylic acids is 1. The summed E-state index contributed by atoms with van der Waals surface area (Å²) in [5.74, 6) is -0.493. The maximum atomic E-state index is 11.5. The van der Waals surface area contributed by atoms with E-state index in [1.54, 1.807) is 0 Å². The largest absolute Gasteiger partial charge is 0.360 e. The minimum Gasteiger partial charge on any atom is -0.360 e. The number of aromatic nitrogens is 2. The van der Waals surface area contributed by atoms with Crippen LogP contribution in [-0.2, 0) is 9.84 Å². The van der Waals surface area contributed by atoms with Gasteiger partial charge in [-0.1, -0.05) is 11.3 Å². The van der Waals surface area contributed by atoms with E-state index in [-0.39, 0.29) is 17.3 Å². The number of anilines is 1. The Morgan fingerprint density at radius 2 is 2.12 bits per heavy atom. The van der Waals surface area contributed by atoms with Crippen LogP contribution in [0.2, 0.25) is 0 Å². The molecule has 1 aromatic rings. The van der Waals surface area contributed by atoms with Gasteiger partial charge in [-0.2, -0.15) is 0 Å². The summed E-state index contributed by atoms with van der Waals surface area (Å²) in [7, 11) is -3.07. The Labute approximate surface area is 104 Å². The SMILES string of the molecule is CCNc1nnc(C(=O)NCCS(C)(=O)=O)s1. The Morgan fingerprint density at radius 3 is 2.71 bits per heavy atom. The van der Waals surface area contributed by atoms with E-state index in [4.69, 9.17) is 0 Å². The average molecular weight is 278 g/mol. The molecule has 1 rings (SSSR count). The van der Waals surface area contributed by atoms with E-state index in [1.807, 2.05) is 6.92 Å². The molecule has 0 radical (unpaired) electrons. The molecule has 0 aliphatic heterocycles. The maximum Gasteiger partial charge on any atom is 0.282 e. The van der Waals surface area contributed by atoms with E-state index in [0.29, 0.717) is 11.7 Å². The molecule has 0 aromatic carbocycles. The summed E-state index contributed by atoms with van der Waals surface area (Å²) in [6, 6.07) is 0. The third-order valence-corrected chi connectivity index (χ3v) is 3.53. The molecule has 2 N–H and O–H groups in total. The van der Waals surface area contributed by atoms with Gasteiger partial charge in [0.2, 0.25) is 10.1 Å². The second-order valence-corrected chi connectivity index (χ2v) is 6.57. The molecular formula is C8H14N4O3S2. The molecule has 1 aromatic heterocycles. The van der Waals surface area contributed by atoms with Crippen LogP contribution in [0, 0.1) is 0 Å². The minimum absolute atomic E-state index is 0.0772. The van der Waals surface area contributed by atoms with Crippen molar-refractivity contribution in [1.29, 1.82) is 0 Å². The summed E-state index contributed by atoms with van der Waals surface area (Å²) in [5, 5.41) is 13.6. The zero-order chi connectivity index (χ0) is 12.9. The Bertz CT molecular complexity index is 483. The minimum atomic E-state index is -3.07. The molecule has 0 spiro atoms. The van der Waals surface area contributed by atoms with Gasteiger partial charge in [-0.3, -0.25) is 4.79 Å². The van der Waals surface area contributed by atoms with Gasteiger partial charge in [0.25, 0.3) is 5.91 Å². The molecule has 0 aliphatic carbocycles. The third-order valence-electron chi connectivity index (χ3n) is 1.71. The molecule has 0 saturated heterocycles. The van der Waals surface area contributed by atoms with Crippen LogP contribution in [0.25, 0.3) is 0 Å². The molecule has 9 heteroatoms. The van der Waals surface area contributed by atoms with E-state index in [2.05, 4.69) is 20.8 Å². The highest BCUT2D eigenvalue weighted by Crippen LogP contribution is 2.14. The Kier molecular flexibility index (Phi) is 4.82. The summed E-state index contributed by atoms with van der Waals surface area (Å²) < 4.78 is 21.7. The van der Waals surface area contributed by atoms with E-state index in [0.717, 1.165) is 17.6 Å². The molecule has 0 unspecified atom stereocenters. The summed E-state index contributed by atoms with van der Waals surface area (Å²) in [6.07, 6.45) is 1.12. The number of amides is 1. The number of rotatable bonds is 6. The van der Waals surface area contributed by atoms with Crippen molar-refractivity contribution < 1.29 is 13.2 Å². The van der Waals surface area contributed by atoms with Crippen LogP contribution in [-0.4, -0.2) is 49.6 Å². The first kappa shape index (κ1) is 13.8. The van der Waals surface area contributed by atoms with Gasteiger partial charge in [0.05, 0.1) is 5.75 Å². The molecule has 1 heterocycles. The molecule has 0 atom stereocenters. The zero-order valence-electron chi connectivity index (χ0n) is 9.56. The standard InChI is InChI=1S/C8H14N4O3S2/c1-3-9-8-12-11-7(16-8)6(13)10-4-5-17(2,14)15/h3-5H2,1-2H3,(H,9,12)(H,10,13). The van der Waals surface area contributed by atoms with Crippen molar-refractivity contribution in [2.24, 2.45) is 0 Å². The molecular weight excluding hydrogens is 264 g/mol. The van der Waals surface area contributed by atoms with Crippen molar-refractivity contribution in [3.63, 3.8) is 0 Å². The molecule has 0 aliphatic rings. The Morgan fingerprint density at radius 1 is 1.41 bits per heavy atom. The van der Waals surface area contributed by atoms with Gasteiger partial charge in [0, 0.05) is 19.3 Å². The predicted octanol–water partition coefficient (Wildman–Crippen LogP) is -0.256. The van der Waals surface area contributed by atoms with Gasteiger partial charge < -0.3 is 10.6 Å². The average Bonchev–Trinajstić information content (AvgIpc) is 2.65. The lowest BCUT2D eigenvalue weighted by Gasteiger charge is -2.00. The number of carbonyl (C=O) groups is 1. The summed E-state index contributed by atoms with van der Waals surface area (Å²) >= 11 is 1.13. The van der Waals surface area contributed by atoms with Crippen molar-refractivity contribution in [2.75, 3.05) is 30.4 Å². The Hall–Kier alpha value is -1.22. The van der Waals surface area contributed by atoms with E-state index in [1.165, 1.54) is 0 Å². The van der Waals surface area contributed by atoms with Crippen LogP contribution in [0.15, 0.2) is 0 Å². The molecule has 17 heavy (non-hydrogen) atoms. The summed E-state index contributed by atoms with van der Waals surface area (Å²) in [4.78, 5) is 11.5. The number of nitrogens with zero attached hydrogens (tertiary/aromatic N) is 2. The highest BCUT2D eigenvalue weighted by Gasteiger charge is 2.12. The molecule has 96 valence electrons. The van der Waals surface area contributed by atoms with Gasteiger partial charge in [-0.25, -0.2) is 8.42 Å². The highest BCUT2D eigenvalue weighted by atomic mass is 32.2. The van der Waals surface area contributed by atoms with Gasteiger partial charge in [0.15, 0.2) is 0 Å². The topological polar surface area (TPSA) is 101 Å². The lowest BCUT2D eigenvalue weighted by atomic mass is 10.6. The van der Waals surface area contributed by atoms with Gasteiger partial charge >= 0.3 is 0 Å². The molecule has 0 bridgehead atoms. The van der Waals surface area contributed by atoms with Crippen molar-refractivity contribution in [1.82, 2.24) is 15.5 Å². The fourth-order valence-electron chi connectivity index (χ4n) is 0.963. The van der Waals surface area contributed by atoms with Gasteiger partial charge in [-0.05, 0) is 6.92 Å².